The fourth-order valence-electron chi connectivity index (χ4n) is 1.52. The van der Waals surface area contributed by atoms with E-state index in [1.165, 1.54) is 17.7 Å². The van der Waals surface area contributed by atoms with Gasteiger partial charge in [-0.1, -0.05) is 29.5 Å². The molecular weight excluding hydrogens is 278 g/mol. The lowest BCUT2D eigenvalue weighted by Gasteiger charge is -2.04. The van der Waals surface area contributed by atoms with Crippen LogP contribution in [0.15, 0.2) is 35.3 Å². The predicted octanol–water partition coefficient (Wildman–Crippen LogP) is 3.84. The number of aromatic nitrogens is 1. The molecule has 0 unspecified atom stereocenters. The number of aliphatic imine (C=N–C) groups is 1. The summed E-state index contributed by atoms with van der Waals surface area (Å²) in [5.41, 5.74) is 0.883. The molecule has 0 aliphatic rings. The molecule has 96 valence electrons. The quantitative estimate of drug-likeness (QED) is 0.488. The Kier molecular flexibility index (Phi) is 4.44. The number of hydrogen-bond acceptors (Lipinski definition) is 5. The molecule has 4 nitrogen and oxygen atoms in total. The zero-order chi connectivity index (χ0) is 13.7. The van der Waals surface area contributed by atoms with Gasteiger partial charge in [0.25, 0.3) is 0 Å². The maximum absolute atomic E-state index is 9.15. The first-order valence-corrected chi connectivity index (χ1v) is 6.86. The number of rotatable bonds is 4. The molecule has 0 saturated carbocycles. The van der Waals surface area contributed by atoms with E-state index in [1.54, 1.807) is 4.57 Å². The highest BCUT2D eigenvalue weighted by molar-refractivity contribution is 7.73. The van der Waals surface area contributed by atoms with Crippen molar-refractivity contribution in [3.8, 4) is 11.8 Å². The SMILES string of the molecule is CCOC=Nc1c(C#N)sc(=S)n1-c1ccccc1. The van der Waals surface area contributed by atoms with Gasteiger partial charge in [-0.05, 0) is 31.3 Å². The van der Waals surface area contributed by atoms with Crippen LogP contribution in [0.1, 0.15) is 11.8 Å². The van der Waals surface area contributed by atoms with Gasteiger partial charge in [0.15, 0.2) is 21.0 Å². The predicted molar refractivity (Wildman–Crippen MR) is 79.0 cm³/mol. The van der Waals surface area contributed by atoms with E-state index in [4.69, 9.17) is 22.2 Å². The van der Waals surface area contributed by atoms with Gasteiger partial charge in [-0.25, -0.2) is 4.99 Å². The Morgan fingerprint density at radius 1 is 1.47 bits per heavy atom. The fraction of sp³-hybridized carbons (Fsp3) is 0.154. The van der Waals surface area contributed by atoms with Crippen molar-refractivity contribution >= 4 is 35.8 Å². The fourth-order valence-corrected chi connectivity index (χ4v) is 2.70. The van der Waals surface area contributed by atoms with E-state index in [-0.39, 0.29) is 0 Å². The van der Waals surface area contributed by atoms with Crippen molar-refractivity contribution in [3.05, 3.63) is 39.2 Å². The third-order valence-electron chi connectivity index (χ3n) is 2.32. The van der Waals surface area contributed by atoms with Gasteiger partial charge in [-0.15, -0.1) is 0 Å². The van der Waals surface area contributed by atoms with Crippen molar-refractivity contribution in [2.75, 3.05) is 6.61 Å². The molecule has 0 aliphatic carbocycles. The second-order valence-corrected chi connectivity index (χ2v) is 5.14. The summed E-state index contributed by atoms with van der Waals surface area (Å²) in [5.74, 6) is 0.511. The number of benzene rings is 1. The van der Waals surface area contributed by atoms with Crippen molar-refractivity contribution in [2.24, 2.45) is 4.99 Å². The van der Waals surface area contributed by atoms with Gasteiger partial charge in [0, 0.05) is 5.69 Å². The summed E-state index contributed by atoms with van der Waals surface area (Å²) in [6, 6.07) is 11.7. The Labute approximate surface area is 120 Å². The first-order valence-electron chi connectivity index (χ1n) is 5.63. The van der Waals surface area contributed by atoms with Gasteiger partial charge < -0.3 is 4.74 Å². The third-order valence-corrected chi connectivity index (χ3v) is 3.59. The molecule has 0 bridgehead atoms. The zero-order valence-electron chi connectivity index (χ0n) is 10.2. The monoisotopic (exact) mass is 289 g/mol. The molecule has 1 heterocycles. The van der Waals surface area contributed by atoms with Crippen LogP contribution in [-0.4, -0.2) is 17.6 Å². The minimum atomic E-state index is 0.477. The summed E-state index contributed by atoms with van der Waals surface area (Å²) in [5, 5.41) is 9.15. The molecule has 2 aromatic rings. The third kappa shape index (κ3) is 2.89. The molecule has 0 spiro atoms. The normalized spacial score (nSPS) is 10.5. The summed E-state index contributed by atoms with van der Waals surface area (Å²) in [7, 11) is 0. The molecule has 0 amide bonds. The van der Waals surface area contributed by atoms with Gasteiger partial charge in [0.05, 0.1) is 6.61 Å². The number of para-hydroxylation sites is 1. The molecule has 0 atom stereocenters. The van der Waals surface area contributed by atoms with Crippen LogP contribution in [0.3, 0.4) is 0 Å². The van der Waals surface area contributed by atoms with E-state index < -0.39 is 0 Å². The highest BCUT2D eigenvalue weighted by atomic mass is 32.1. The highest BCUT2D eigenvalue weighted by Gasteiger charge is 2.12. The van der Waals surface area contributed by atoms with Crippen LogP contribution in [0.2, 0.25) is 0 Å². The van der Waals surface area contributed by atoms with Crippen LogP contribution in [0.5, 0.6) is 0 Å². The smallest absolute Gasteiger partial charge is 0.176 e. The van der Waals surface area contributed by atoms with Crippen molar-refractivity contribution in [1.82, 2.24) is 4.57 Å². The van der Waals surface area contributed by atoms with Gasteiger partial charge in [-0.3, -0.25) is 4.57 Å². The Morgan fingerprint density at radius 3 is 2.84 bits per heavy atom. The molecule has 0 fully saturated rings. The van der Waals surface area contributed by atoms with Crippen molar-refractivity contribution in [1.29, 1.82) is 5.26 Å². The van der Waals surface area contributed by atoms with Crippen LogP contribution >= 0.6 is 23.6 Å². The summed E-state index contributed by atoms with van der Waals surface area (Å²) in [4.78, 5) is 4.68. The van der Waals surface area contributed by atoms with E-state index in [9.17, 15) is 0 Å². The van der Waals surface area contributed by atoms with E-state index >= 15 is 0 Å². The number of thiazole rings is 1. The van der Waals surface area contributed by atoms with Crippen LogP contribution in [-0.2, 0) is 4.74 Å². The lowest BCUT2D eigenvalue weighted by Crippen LogP contribution is -1.94. The molecular formula is C13H11N3OS2. The second kappa shape index (κ2) is 6.27. The summed E-state index contributed by atoms with van der Waals surface area (Å²) in [6.45, 7) is 2.40. The van der Waals surface area contributed by atoms with E-state index in [0.717, 1.165) is 5.69 Å². The largest absolute Gasteiger partial charge is 0.483 e. The zero-order valence-corrected chi connectivity index (χ0v) is 11.9. The summed E-state index contributed by atoms with van der Waals surface area (Å²) in [6.07, 6.45) is 1.34. The van der Waals surface area contributed by atoms with E-state index in [0.29, 0.717) is 21.3 Å². The highest BCUT2D eigenvalue weighted by Crippen LogP contribution is 2.29. The van der Waals surface area contributed by atoms with Crippen LogP contribution in [0, 0.1) is 15.3 Å². The van der Waals surface area contributed by atoms with Crippen molar-refractivity contribution in [2.45, 2.75) is 6.92 Å². The number of nitrogens with zero attached hydrogens (tertiary/aromatic N) is 3. The lowest BCUT2D eigenvalue weighted by atomic mass is 10.3. The molecule has 1 aromatic carbocycles. The Hall–Kier alpha value is -1.97. The summed E-state index contributed by atoms with van der Waals surface area (Å²) < 4.78 is 7.45. The van der Waals surface area contributed by atoms with E-state index in [2.05, 4.69) is 11.1 Å². The van der Waals surface area contributed by atoms with Crippen LogP contribution < -0.4 is 0 Å². The average Bonchev–Trinajstić information content (AvgIpc) is 2.76. The molecule has 0 saturated heterocycles. The maximum Gasteiger partial charge on any atom is 0.176 e. The second-order valence-electron chi connectivity index (χ2n) is 3.49. The van der Waals surface area contributed by atoms with Crippen LogP contribution in [0.25, 0.3) is 5.69 Å². The van der Waals surface area contributed by atoms with Gasteiger partial charge in [0.2, 0.25) is 0 Å². The minimum absolute atomic E-state index is 0.477. The average molecular weight is 289 g/mol. The molecule has 0 N–H and O–H groups in total. The Bertz CT molecular complexity index is 680. The molecule has 0 aliphatic heterocycles. The standard InChI is InChI=1S/C13H11N3OS2/c1-2-17-9-15-12-11(8-14)19-13(18)16(12)10-6-4-3-5-7-10/h3-7,9H,2H2,1H3. The number of nitriles is 1. The first-order chi connectivity index (χ1) is 9.27. The Morgan fingerprint density at radius 2 is 2.21 bits per heavy atom. The molecule has 6 heteroatoms. The molecule has 19 heavy (non-hydrogen) atoms. The number of hydrogen-bond donors (Lipinski definition) is 0. The maximum atomic E-state index is 9.15. The van der Waals surface area contributed by atoms with Crippen LogP contribution in [0.4, 0.5) is 5.82 Å². The minimum Gasteiger partial charge on any atom is -0.483 e. The van der Waals surface area contributed by atoms with E-state index in [1.807, 2.05) is 37.3 Å². The lowest BCUT2D eigenvalue weighted by molar-refractivity contribution is 0.344. The van der Waals surface area contributed by atoms with Gasteiger partial charge in [-0.2, -0.15) is 5.26 Å². The topological polar surface area (TPSA) is 50.3 Å². The van der Waals surface area contributed by atoms with Crippen molar-refractivity contribution < 1.29 is 4.74 Å². The molecule has 2 rings (SSSR count). The number of ether oxygens (including phenoxy) is 1. The molecule has 1 aromatic heterocycles. The first kappa shape index (κ1) is 13.5. The molecule has 0 radical (unpaired) electrons. The van der Waals surface area contributed by atoms with Gasteiger partial charge >= 0.3 is 0 Å². The van der Waals surface area contributed by atoms with Crippen molar-refractivity contribution in [3.63, 3.8) is 0 Å². The Balaban J connectivity index is 2.57. The van der Waals surface area contributed by atoms with Gasteiger partial charge in [0.1, 0.15) is 6.07 Å². The summed E-state index contributed by atoms with van der Waals surface area (Å²) >= 11 is 6.54.